The SMILES string of the molecule is CCCCOc1ccc([C@H]2C(C(=O)c3ccc(C)o3)=C(O)C(=O)N2c2cc(C)on2)cc1. The molecule has 0 spiro atoms. The summed E-state index contributed by atoms with van der Waals surface area (Å²) in [4.78, 5) is 27.5. The van der Waals surface area contributed by atoms with E-state index in [0.29, 0.717) is 29.4 Å². The van der Waals surface area contributed by atoms with Crippen LogP contribution in [-0.2, 0) is 4.79 Å². The summed E-state index contributed by atoms with van der Waals surface area (Å²) < 4.78 is 16.3. The molecule has 2 aromatic heterocycles. The lowest BCUT2D eigenvalue weighted by Gasteiger charge is -2.24. The van der Waals surface area contributed by atoms with Gasteiger partial charge in [-0.15, -0.1) is 0 Å². The zero-order chi connectivity index (χ0) is 22.8. The molecule has 166 valence electrons. The van der Waals surface area contributed by atoms with Crippen LogP contribution in [0, 0.1) is 13.8 Å². The van der Waals surface area contributed by atoms with Crippen LogP contribution in [0.25, 0.3) is 0 Å². The highest BCUT2D eigenvalue weighted by Crippen LogP contribution is 2.42. The van der Waals surface area contributed by atoms with E-state index in [2.05, 4.69) is 12.1 Å². The van der Waals surface area contributed by atoms with Gasteiger partial charge >= 0.3 is 0 Å². The molecule has 8 heteroatoms. The van der Waals surface area contributed by atoms with Crippen molar-refractivity contribution in [1.82, 2.24) is 5.16 Å². The number of rotatable bonds is 8. The van der Waals surface area contributed by atoms with E-state index >= 15 is 0 Å². The van der Waals surface area contributed by atoms with Gasteiger partial charge in [0.1, 0.15) is 17.3 Å². The van der Waals surface area contributed by atoms with E-state index in [-0.39, 0.29) is 17.2 Å². The molecule has 32 heavy (non-hydrogen) atoms. The molecule has 1 aliphatic heterocycles. The molecule has 4 rings (SSSR count). The number of benzene rings is 1. The average Bonchev–Trinajstić information content (AvgIpc) is 3.47. The summed E-state index contributed by atoms with van der Waals surface area (Å²) in [5.41, 5.74) is 0.530. The van der Waals surface area contributed by atoms with Gasteiger partial charge in [-0.2, -0.15) is 0 Å². The molecular weight excluding hydrogens is 412 g/mol. The summed E-state index contributed by atoms with van der Waals surface area (Å²) in [7, 11) is 0. The second-order valence-corrected chi connectivity index (χ2v) is 7.65. The highest BCUT2D eigenvalue weighted by Gasteiger charge is 2.46. The number of nitrogens with zero attached hydrogens (tertiary/aromatic N) is 2. The molecule has 1 N–H and O–H groups in total. The molecule has 8 nitrogen and oxygen atoms in total. The molecule has 0 radical (unpaired) electrons. The predicted octanol–water partition coefficient (Wildman–Crippen LogP) is 4.85. The van der Waals surface area contributed by atoms with Gasteiger partial charge in [0, 0.05) is 6.07 Å². The smallest absolute Gasteiger partial charge is 0.295 e. The summed E-state index contributed by atoms with van der Waals surface area (Å²) in [5.74, 6) is 0.0125. The molecule has 3 aromatic rings. The van der Waals surface area contributed by atoms with Crippen molar-refractivity contribution in [3.05, 3.63) is 76.6 Å². The third-order valence-electron chi connectivity index (χ3n) is 5.24. The van der Waals surface area contributed by atoms with Gasteiger partial charge in [0.2, 0.25) is 5.78 Å². The molecule has 0 bridgehead atoms. The summed E-state index contributed by atoms with van der Waals surface area (Å²) in [5, 5.41) is 14.6. The number of Topliss-reactive ketones (excluding diaryl/α,β-unsaturated/α-hetero) is 1. The summed E-state index contributed by atoms with van der Waals surface area (Å²) >= 11 is 0. The van der Waals surface area contributed by atoms with Crippen LogP contribution in [0.3, 0.4) is 0 Å². The number of amides is 1. The molecule has 3 heterocycles. The largest absolute Gasteiger partial charge is 0.503 e. The Bertz CT molecular complexity index is 1170. The Balaban J connectivity index is 1.75. The molecule has 1 aromatic carbocycles. The minimum absolute atomic E-state index is 0.0413. The maximum atomic E-state index is 13.3. The number of unbranched alkanes of at least 4 members (excludes halogenated alkanes) is 1. The van der Waals surface area contributed by atoms with Gasteiger partial charge in [-0.25, -0.2) is 0 Å². The number of aliphatic hydroxyl groups excluding tert-OH is 1. The van der Waals surface area contributed by atoms with Gasteiger partial charge in [0.15, 0.2) is 17.3 Å². The maximum Gasteiger partial charge on any atom is 0.295 e. The molecule has 1 amide bonds. The number of aryl methyl sites for hydroxylation is 2. The molecule has 0 aliphatic carbocycles. The normalized spacial score (nSPS) is 16.2. The van der Waals surface area contributed by atoms with Crippen molar-refractivity contribution in [1.29, 1.82) is 0 Å². The second-order valence-electron chi connectivity index (χ2n) is 7.65. The third kappa shape index (κ3) is 3.91. The second kappa shape index (κ2) is 8.74. The number of furan rings is 1. The Labute approximate surface area is 185 Å². The molecule has 0 unspecified atom stereocenters. The van der Waals surface area contributed by atoms with Crippen molar-refractivity contribution in [2.24, 2.45) is 0 Å². The Morgan fingerprint density at radius 2 is 1.91 bits per heavy atom. The van der Waals surface area contributed by atoms with Crippen molar-refractivity contribution in [3.8, 4) is 5.75 Å². The zero-order valence-electron chi connectivity index (χ0n) is 18.1. The van der Waals surface area contributed by atoms with Gasteiger partial charge in [0.25, 0.3) is 5.91 Å². The van der Waals surface area contributed by atoms with E-state index in [4.69, 9.17) is 13.7 Å². The minimum Gasteiger partial charge on any atom is -0.503 e. The molecular formula is C24H24N2O6. The van der Waals surface area contributed by atoms with Crippen molar-refractivity contribution < 1.29 is 28.4 Å². The van der Waals surface area contributed by atoms with Crippen LogP contribution < -0.4 is 9.64 Å². The Kier molecular flexibility index (Phi) is 5.85. The van der Waals surface area contributed by atoms with Crippen molar-refractivity contribution in [2.45, 2.75) is 39.7 Å². The molecule has 1 atom stereocenters. The zero-order valence-corrected chi connectivity index (χ0v) is 18.1. The number of aromatic nitrogens is 1. The van der Waals surface area contributed by atoms with Crippen molar-refractivity contribution >= 4 is 17.5 Å². The van der Waals surface area contributed by atoms with Gasteiger partial charge in [-0.3, -0.25) is 14.5 Å². The van der Waals surface area contributed by atoms with E-state index in [1.54, 1.807) is 50.2 Å². The highest BCUT2D eigenvalue weighted by atomic mass is 16.5. The summed E-state index contributed by atoms with van der Waals surface area (Å²) in [6.45, 7) is 6.09. The molecule has 0 saturated heterocycles. The molecule has 1 aliphatic rings. The summed E-state index contributed by atoms with van der Waals surface area (Å²) in [6.07, 6.45) is 1.96. The topological polar surface area (TPSA) is 106 Å². The fourth-order valence-corrected chi connectivity index (χ4v) is 3.63. The standard InChI is InChI=1S/C24H24N2O6/c1-4-5-12-30-17-9-7-16(8-10-17)21-20(22(27)18-11-6-14(2)31-18)23(28)24(29)26(21)19-13-15(3)32-25-19/h6-11,13,21,28H,4-5,12H2,1-3H3/t21-/m0/s1. The van der Waals surface area contributed by atoms with E-state index in [9.17, 15) is 14.7 Å². The van der Waals surface area contributed by atoms with Gasteiger partial charge in [0.05, 0.1) is 18.2 Å². The average molecular weight is 436 g/mol. The number of carbonyl (C=O) groups excluding carboxylic acids is 2. The third-order valence-corrected chi connectivity index (χ3v) is 5.24. The minimum atomic E-state index is -0.908. The highest BCUT2D eigenvalue weighted by molar-refractivity contribution is 6.19. The van der Waals surface area contributed by atoms with E-state index < -0.39 is 23.5 Å². The first-order valence-corrected chi connectivity index (χ1v) is 10.4. The quantitative estimate of drug-likeness (QED) is 0.397. The monoisotopic (exact) mass is 436 g/mol. The van der Waals surface area contributed by atoms with Crippen LogP contribution in [0.1, 0.15) is 53.4 Å². The van der Waals surface area contributed by atoms with Crippen LogP contribution in [0.15, 0.2) is 62.7 Å². The van der Waals surface area contributed by atoms with Crippen LogP contribution in [0.5, 0.6) is 5.75 Å². The fourth-order valence-electron chi connectivity index (χ4n) is 3.63. The number of ether oxygens (including phenoxy) is 1. The van der Waals surface area contributed by atoms with Crippen molar-refractivity contribution in [2.75, 3.05) is 11.5 Å². The number of ketones is 1. The van der Waals surface area contributed by atoms with Crippen LogP contribution in [0.2, 0.25) is 0 Å². The lowest BCUT2D eigenvalue weighted by molar-refractivity contribution is -0.117. The van der Waals surface area contributed by atoms with Gasteiger partial charge < -0.3 is 18.8 Å². The van der Waals surface area contributed by atoms with Crippen LogP contribution in [0.4, 0.5) is 5.82 Å². The van der Waals surface area contributed by atoms with Gasteiger partial charge in [-0.1, -0.05) is 30.6 Å². The Morgan fingerprint density at radius 3 is 2.50 bits per heavy atom. The lowest BCUT2D eigenvalue weighted by Crippen LogP contribution is -2.31. The summed E-state index contributed by atoms with van der Waals surface area (Å²) in [6, 6.07) is 10.9. The van der Waals surface area contributed by atoms with Crippen LogP contribution >= 0.6 is 0 Å². The van der Waals surface area contributed by atoms with Crippen LogP contribution in [-0.4, -0.2) is 28.6 Å². The number of hydrogen-bond acceptors (Lipinski definition) is 7. The lowest BCUT2D eigenvalue weighted by atomic mass is 9.95. The van der Waals surface area contributed by atoms with E-state index in [1.165, 1.54) is 11.0 Å². The number of carbonyl (C=O) groups is 2. The number of anilines is 1. The number of hydrogen-bond donors (Lipinski definition) is 1. The first kappa shape index (κ1) is 21.4. The molecule has 0 fully saturated rings. The van der Waals surface area contributed by atoms with E-state index in [1.807, 2.05) is 0 Å². The first-order valence-electron chi connectivity index (χ1n) is 10.4. The Morgan fingerprint density at radius 1 is 1.16 bits per heavy atom. The number of aliphatic hydroxyl groups is 1. The Hall–Kier alpha value is -3.81. The molecule has 0 saturated carbocycles. The van der Waals surface area contributed by atoms with Crippen molar-refractivity contribution in [3.63, 3.8) is 0 Å². The van der Waals surface area contributed by atoms with Gasteiger partial charge in [-0.05, 0) is 50.1 Å². The van der Waals surface area contributed by atoms with E-state index in [0.717, 1.165) is 12.8 Å². The maximum absolute atomic E-state index is 13.3. The predicted molar refractivity (Wildman–Crippen MR) is 116 cm³/mol. The fraction of sp³-hybridized carbons (Fsp3) is 0.292. The first-order chi connectivity index (χ1) is 15.4.